The van der Waals surface area contributed by atoms with Gasteiger partial charge in [-0.25, -0.2) is 13.1 Å². The molecular formula is C12H26N2O3S. The van der Waals surface area contributed by atoms with Crippen molar-refractivity contribution in [1.29, 1.82) is 0 Å². The summed E-state index contributed by atoms with van der Waals surface area (Å²) < 4.78 is 29.9. The third-order valence-electron chi connectivity index (χ3n) is 3.21. The summed E-state index contributed by atoms with van der Waals surface area (Å²) in [5, 5.41) is 3.48. The van der Waals surface area contributed by atoms with Crippen molar-refractivity contribution in [3.8, 4) is 0 Å². The monoisotopic (exact) mass is 278 g/mol. The highest BCUT2D eigenvalue weighted by Crippen LogP contribution is 2.19. The Kier molecular flexibility index (Phi) is 6.55. The number of sulfonamides is 1. The Hall–Kier alpha value is -0.170. The van der Waals surface area contributed by atoms with Gasteiger partial charge >= 0.3 is 0 Å². The Labute approximate surface area is 111 Å². The standard InChI is InChI=1S/C12H26N2O3S/c1-10(2)12-9-11(5-8-17-12)13-6-4-7-14-18(3,15)16/h10-14H,4-9H2,1-3H3. The number of nitrogens with one attached hydrogen (secondary N) is 2. The van der Waals surface area contributed by atoms with Crippen molar-refractivity contribution in [1.82, 2.24) is 10.0 Å². The van der Waals surface area contributed by atoms with Gasteiger partial charge in [-0.1, -0.05) is 13.8 Å². The minimum atomic E-state index is -3.05. The van der Waals surface area contributed by atoms with E-state index < -0.39 is 10.0 Å². The summed E-state index contributed by atoms with van der Waals surface area (Å²) in [5.41, 5.74) is 0. The van der Waals surface area contributed by atoms with Gasteiger partial charge in [0.1, 0.15) is 0 Å². The number of rotatable bonds is 7. The van der Waals surface area contributed by atoms with Crippen LogP contribution >= 0.6 is 0 Å². The fourth-order valence-corrected chi connectivity index (χ4v) is 2.65. The second-order valence-corrected chi connectivity index (χ2v) is 7.18. The van der Waals surface area contributed by atoms with Crippen molar-refractivity contribution in [3.63, 3.8) is 0 Å². The molecule has 108 valence electrons. The number of hydrogen-bond acceptors (Lipinski definition) is 4. The third kappa shape index (κ3) is 6.68. The van der Waals surface area contributed by atoms with Crippen LogP contribution in [0.1, 0.15) is 33.1 Å². The average molecular weight is 278 g/mol. The predicted molar refractivity (Wildman–Crippen MR) is 73.1 cm³/mol. The topological polar surface area (TPSA) is 67.4 Å². The van der Waals surface area contributed by atoms with E-state index in [9.17, 15) is 8.42 Å². The van der Waals surface area contributed by atoms with E-state index in [1.54, 1.807) is 0 Å². The van der Waals surface area contributed by atoms with Crippen LogP contribution in [-0.4, -0.2) is 46.5 Å². The fraction of sp³-hybridized carbons (Fsp3) is 1.00. The minimum absolute atomic E-state index is 0.352. The molecule has 18 heavy (non-hydrogen) atoms. The molecule has 1 saturated heterocycles. The molecule has 0 saturated carbocycles. The third-order valence-corrected chi connectivity index (χ3v) is 3.94. The van der Waals surface area contributed by atoms with Crippen LogP contribution in [0, 0.1) is 5.92 Å². The molecule has 1 rings (SSSR count). The Morgan fingerprint density at radius 2 is 2.06 bits per heavy atom. The van der Waals surface area contributed by atoms with Gasteiger partial charge in [-0.15, -0.1) is 0 Å². The van der Waals surface area contributed by atoms with Crippen LogP contribution in [0.25, 0.3) is 0 Å². The Morgan fingerprint density at radius 1 is 1.33 bits per heavy atom. The molecular weight excluding hydrogens is 252 g/mol. The molecule has 0 bridgehead atoms. The lowest BCUT2D eigenvalue weighted by molar-refractivity contribution is -0.0242. The zero-order valence-corrected chi connectivity index (χ0v) is 12.4. The zero-order chi connectivity index (χ0) is 13.6. The maximum atomic E-state index is 10.9. The van der Waals surface area contributed by atoms with Gasteiger partial charge in [0, 0.05) is 19.2 Å². The molecule has 2 unspecified atom stereocenters. The number of ether oxygens (including phenoxy) is 1. The second-order valence-electron chi connectivity index (χ2n) is 5.35. The van der Waals surface area contributed by atoms with Crippen LogP contribution < -0.4 is 10.0 Å². The van der Waals surface area contributed by atoms with Crippen LogP contribution in [0.2, 0.25) is 0 Å². The molecule has 0 aromatic rings. The van der Waals surface area contributed by atoms with Crippen LogP contribution in [-0.2, 0) is 14.8 Å². The summed E-state index contributed by atoms with van der Waals surface area (Å²) in [7, 11) is -3.05. The Bertz CT molecular complexity index is 330. The molecule has 1 fully saturated rings. The molecule has 0 spiro atoms. The lowest BCUT2D eigenvalue weighted by Gasteiger charge is -2.32. The molecule has 1 aliphatic rings. The lowest BCUT2D eigenvalue weighted by Crippen LogP contribution is -2.41. The zero-order valence-electron chi connectivity index (χ0n) is 11.6. The van der Waals surface area contributed by atoms with Crippen LogP contribution in [0.15, 0.2) is 0 Å². The molecule has 2 N–H and O–H groups in total. The first kappa shape index (κ1) is 15.9. The largest absolute Gasteiger partial charge is 0.378 e. The molecule has 1 heterocycles. The van der Waals surface area contributed by atoms with E-state index in [2.05, 4.69) is 23.9 Å². The quantitative estimate of drug-likeness (QED) is 0.673. The van der Waals surface area contributed by atoms with Gasteiger partial charge < -0.3 is 10.1 Å². The first-order valence-corrected chi connectivity index (χ1v) is 8.57. The van der Waals surface area contributed by atoms with Crippen molar-refractivity contribution in [2.24, 2.45) is 5.92 Å². The van der Waals surface area contributed by atoms with Crippen LogP contribution in [0.3, 0.4) is 0 Å². The van der Waals surface area contributed by atoms with E-state index in [1.165, 1.54) is 6.26 Å². The van der Waals surface area contributed by atoms with Gasteiger partial charge in [-0.2, -0.15) is 0 Å². The van der Waals surface area contributed by atoms with Crippen molar-refractivity contribution < 1.29 is 13.2 Å². The molecule has 0 radical (unpaired) electrons. The van der Waals surface area contributed by atoms with E-state index in [4.69, 9.17) is 4.74 Å². The average Bonchev–Trinajstić information content (AvgIpc) is 2.27. The number of hydrogen-bond donors (Lipinski definition) is 2. The molecule has 0 amide bonds. The normalized spacial score (nSPS) is 25.6. The van der Waals surface area contributed by atoms with Gasteiger partial charge in [-0.05, 0) is 31.7 Å². The van der Waals surface area contributed by atoms with Gasteiger partial charge in [0.15, 0.2) is 0 Å². The Morgan fingerprint density at radius 3 is 2.67 bits per heavy atom. The highest BCUT2D eigenvalue weighted by molar-refractivity contribution is 7.88. The maximum absolute atomic E-state index is 10.9. The fourth-order valence-electron chi connectivity index (χ4n) is 2.13. The van der Waals surface area contributed by atoms with Crippen molar-refractivity contribution in [2.75, 3.05) is 26.0 Å². The molecule has 0 aromatic carbocycles. The predicted octanol–water partition coefficient (Wildman–Crippen LogP) is 0.719. The minimum Gasteiger partial charge on any atom is -0.378 e. The van der Waals surface area contributed by atoms with Crippen LogP contribution in [0.5, 0.6) is 0 Å². The molecule has 1 aliphatic heterocycles. The van der Waals surface area contributed by atoms with E-state index in [1.807, 2.05) is 0 Å². The van der Waals surface area contributed by atoms with E-state index in [-0.39, 0.29) is 0 Å². The highest BCUT2D eigenvalue weighted by atomic mass is 32.2. The van der Waals surface area contributed by atoms with Gasteiger partial charge in [0.05, 0.1) is 12.4 Å². The highest BCUT2D eigenvalue weighted by Gasteiger charge is 2.24. The van der Waals surface area contributed by atoms with Crippen LogP contribution in [0.4, 0.5) is 0 Å². The lowest BCUT2D eigenvalue weighted by atomic mass is 9.95. The summed E-state index contributed by atoms with van der Waals surface area (Å²) in [6.07, 6.45) is 4.45. The van der Waals surface area contributed by atoms with Crippen molar-refractivity contribution >= 4 is 10.0 Å². The summed E-state index contributed by atoms with van der Waals surface area (Å²) in [6.45, 7) is 6.54. The van der Waals surface area contributed by atoms with E-state index in [0.717, 1.165) is 32.4 Å². The van der Waals surface area contributed by atoms with Gasteiger partial charge in [0.2, 0.25) is 10.0 Å². The summed E-state index contributed by atoms with van der Waals surface area (Å²) >= 11 is 0. The molecule has 6 heteroatoms. The van der Waals surface area contributed by atoms with Crippen molar-refractivity contribution in [3.05, 3.63) is 0 Å². The van der Waals surface area contributed by atoms with Crippen molar-refractivity contribution in [2.45, 2.75) is 45.3 Å². The maximum Gasteiger partial charge on any atom is 0.208 e. The first-order valence-electron chi connectivity index (χ1n) is 6.68. The summed E-state index contributed by atoms with van der Waals surface area (Å²) in [5.74, 6) is 0.557. The molecule has 0 aliphatic carbocycles. The SMILES string of the molecule is CC(C)C1CC(NCCCNS(C)(=O)=O)CCO1. The summed E-state index contributed by atoms with van der Waals surface area (Å²) in [4.78, 5) is 0. The molecule has 5 nitrogen and oxygen atoms in total. The second kappa shape index (κ2) is 7.43. The summed E-state index contributed by atoms with van der Waals surface area (Å²) in [6, 6.07) is 0.504. The molecule has 0 aromatic heterocycles. The smallest absolute Gasteiger partial charge is 0.208 e. The van der Waals surface area contributed by atoms with Gasteiger partial charge in [-0.3, -0.25) is 0 Å². The van der Waals surface area contributed by atoms with E-state index in [0.29, 0.717) is 24.6 Å². The van der Waals surface area contributed by atoms with E-state index >= 15 is 0 Å². The Balaban J connectivity index is 2.12. The first-order chi connectivity index (χ1) is 8.38. The van der Waals surface area contributed by atoms with Gasteiger partial charge in [0.25, 0.3) is 0 Å². The molecule has 2 atom stereocenters.